The number of hydrogen-bond donors (Lipinski definition) is 1. The van der Waals surface area contributed by atoms with Crippen molar-refractivity contribution in [3.05, 3.63) is 29.8 Å². The van der Waals surface area contributed by atoms with Gasteiger partial charge in [-0.1, -0.05) is 18.2 Å². The molecule has 0 spiro atoms. The molecule has 1 saturated heterocycles. The van der Waals surface area contributed by atoms with Crippen molar-refractivity contribution in [2.45, 2.75) is 13.0 Å². The number of hydrogen-bond acceptors (Lipinski definition) is 4. The maximum atomic E-state index is 12.8. The number of ether oxygens (including phenoxy) is 1. The summed E-state index contributed by atoms with van der Waals surface area (Å²) >= 11 is 0. The van der Waals surface area contributed by atoms with Crippen LogP contribution in [-0.2, 0) is 16.8 Å². The summed E-state index contributed by atoms with van der Waals surface area (Å²) in [4.78, 5) is 0. The molecule has 6 nitrogen and oxygen atoms in total. The van der Waals surface area contributed by atoms with E-state index in [0.29, 0.717) is 39.3 Å². The lowest BCUT2D eigenvalue weighted by Crippen LogP contribution is -2.45. The first-order valence-corrected chi connectivity index (χ1v) is 8.74. The van der Waals surface area contributed by atoms with E-state index in [2.05, 4.69) is 5.32 Å². The van der Waals surface area contributed by atoms with Gasteiger partial charge in [0.2, 0.25) is 0 Å². The highest BCUT2D eigenvalue weighted by Crippen LogP contribution is 2.25. The fourth-order valence-electron chi connectivity index (χ4n) is 2.71. The molecule has 0 radical (unpaired) electrons. The fraction of sp³-hybridized carbons (Fsp3) is 0.571. The molecule has 2 aliphatic rings. The number of para-hydroxylation sites is 1. The zero-order valence-corrected chi connectivity index (χ0v) is 12.8. The van der Waals surface area contributed by atoms with E-state index in [1.54, 1.807) is 4.31 Å². The van der Waals surface area contributed by atoms with Crippen molar-refractivity contribution in [3.63, 3.8) is 0 Å². The van der Waals surface area contributed by atoms with Crippen molar-refractivity contribution in [1.82, 2.24) is 13.9 Å². The van der Waals surface area contributed by atoms with E-state index < -0.39 is 10.2 Å². The standard InChI is InChI=1S/C14H21N3O3S/c18-21(19,16-8-3-6-15-7-9-16)17-10-11-20-14-5-2-1-4-13(14)12-17/h1-2,4-5,15H,3,6-12H2. The van der Waals surface area contributed by atoms with E-state index in [4.69, 9.17) is 4.74 Å². The molecule has 0 aliphatic carbocycles. The third-order valence-corrected chi connectivity index (χ3v) is 5.85. The van der Waals surface area contributed by atoms with Gasteiger partial charge in [0, 0.05) is 38.3 Å². The Morgan fingerprint density at radius 3 is 2.81 bits per heavy atom. The number of fused-ring (bicyclic) bond motifs is 1. The van der Waals surface area contributed by atoms with Crippen LogP contribution in [0.2, 0.25) is 0 Å². The van der Waals surface area contributed by atoms with Gasteiger partial charge in [-0.3, -0.25) is 0 Å². The van der Waals surface area contributed by atoms with Gasteiger partial charge in [0.15, 0.2) is 0 Å². The third-order valence-electron chi connectivity index (χ3n) is 3.87. The Balaban J connectivity index is 1.82. The summed E-state index contributed by atoms with van der Waals surface area (Å²) in [5, 5.41) is 3.23. The lowest BCUT2D eigenvalue weighted by molar-refractivity contribution is 0.280. The summed E-state index contributed by atoms with van der Waals surface area (Å²) in [6.45, 7) is 3.85. The zero-order chi connectivity index (χ0) is 14.7. The first-order chi connectivity index (χ1) is 10.2. The van der Waals surface area contributed by atoms with Gasteiger partial charge in [0.05, 0.1) is 0 Å². The number of nitrogens with zero attached hydrogens (tertiary/aromatic N) is 2. The topological polar surface area (TPSA) is 61.9 Å². The highest BCUT2D eigenvalue weighted by Gasteiger charge is 2.31. The van der Waals surface area contributed by atoms with Crippen molar-refractivity contribution in [3.8, 4) is 5.75 Å². The van der Waals surface area contributed by atoms with Crippen LogP contribution in [0.4, 0.5) is 0 Å². The molecule has 2 heterocycles. The molecule has 2 aliphatic heterocycles. The van der Waals surface area contributed by atoms with E-state index in [1.807, 2.05) is 24.3 Å². The minimum absolute atomic E-state index is 0.377. The number of rotatable bonds is 2. The molecule has 21 heavy (non-hydrogen) atoms. The SMILES string of the molecule is O=S(=O)(N1CCCNCC1)N1CCOc2ccccc2C1. The van der Waals surface area contributed by atoms with Crippen LogP contribution < -0.4 is 10.1 Å². The van der Waals surface area contributed by atoms with Crippen LogP contribution in [0.15, 0.2) is 24.3 Å². The van der Waals surface area contributed by atoms with Crippen LogP contribution in [0.1, 0.15) is 12.0 Å². The van der Waals surface area contributed by atoms with Gasteiger partial charge in [-0.2, -0.15) is 17.0 Å². The Bertz CT molecular complexity index is 583. The van der Waals surface area contributed by atoms with Crippen molar-refractivity contribution >= 4 is 10.2 Å². The molecule has 7 heteroatoms. The quantitative estimate of drug-likeness (QED) is 0.860. The molecule has 116 valence electrons. The first kappa shape index (κ1) is 14.8. The van der Waals surface area contributed by atoms with E-state index in [9.17, 15) is 8.42 Å². The third kappa shape index (κ3) is 3.21. The lowest BCUT2D eigenvalue weighted by Gasteiger charge is -2.27. The van der Waals surface area contributed by atoms with Crippen LogP contribution in [0, 0.1) is 0 Å². The van der Waals surface area contributed by atoms with Gasteiger partial charge in [-0.05, 0) is 19.0 Å². The normalized spacial score (nSPS) is 21.9. The lowest BCUT2D eigenvalue weighted by atomic mass is 10.2. The van der Waals surface area contributed by atoms with Crippen LogP contribution in [-0.4, -0.2) is 56.4 Å². The monoisotopic (exact) mass is 311 g/mol. The first-order valence-electron chi connectivity index (χ1n) is 7.34. The molecule has 0 saturated carbocycles. The molecule has 1 N–H and O–H groups in total. The van der Waals surface area contributed by atoms with Crippen LogP contribution in [0.25, 0.3) is 0 Å². The molecule has 1 fully saturated rings. The van der Waals surface area contributed by atoms with E-state index in [1.165, 1.54) is 4.31 Å². The summed E-state index contributed by atoms with van der Waals surface area (Å²) in [6.07, 6.45) is 0.847. The molecule has 0 bridgehead atoms. The summed E-state index contributed by atoms with van der Waals surface area (Å²) in [6, 6.07) is 7.63. The van der Waals surface area contributed by atoms with Gasteiger partial charge < -0.3 is 10.1 Å². The molecule has 1 aromatic rings. The average molecular weight is 311 g/mol. The minimum atomic E-state index is -3.43. The fourth-order valence-corrected chi connectivity index (χ4v) is 4.33. The van der Waals surface area contributed by atoms with Crippen molar-refractivity contribution < 1.29 is 13.2 Å². The maximum absolute atomic E-state index is 12.8. The van der Waals surface area contributed by atoms with Crippen molar-refractivity contribution in [2.24, 2.45) is 0 Å². The number of nitrogens with one attached hydrogen (secondary N) is 1. The Labute approximate surface area is 125 Å². The summed E-state index contributed by atoms with van der Waals surface area (Å²) < 4.78 is 34.4. The van der Waals surface area contributed by atoms with Gasteiger partial charge in [-0.25, -0.2) is 0 Å². The highest BCUT2D eigenvalue weighted by molar-refractivity contribution is 7.86. The predicted molar refractivity (Wildman–Crippen MR) is 80.3 cm³/mol. The van der Waals surface area contributed by atoms with Crippen LogP contribution >= 0.6 is 0 Å². The van der Waals surface area contributed by atoms with Crippen molar-refractivity contribution in [1.29, 1.82) is 0 Å². The Morgan fingerprint density at radius 2 is 1.90 bits per heavy atom. The van der Waals surface area contributed by atoms with Gasteiger partial charge >= 0.3 is 0 Å². The van der Waals surface area contributed by atoms with E-state index >= 15 is 0 Å². The average Bonchev–Trinajstić information content (AvgIpc) is 2.88. The molecular formula is C14H21N3O3S. The summed E-state index contributed by atoms with van der Waals surface area (Å²) in [5.74, 6) is 0.785. The number of benzene rings is 1. The second-order valence-electron chi connectivity index (χ2n) is 5.30. The van der Waals surface area contributed by atoms with Crippen LogP contribution in [0.3, 0.4) is 0 Å². The Kier molecular flexibility index (Phi) is 4.44. The summed E-state index contributed by atoms with van der Waals surface area (Å²) in [7, 11) is -3.43. The molecule has 1 aromatic carbocycles. The molecule has 0 atom stereocenters. The second kappa shape index (κ2) is 6.31. The van der Waals surface area contributed by atoms with Crippen LogP contribution in [0.5, 0.6) is 5.75 Å². The van der Waals surface area contributed by atoms with Gasteiger partial charge in [0.25, 0.3) is 10.2 Å². The molecule has 0 amide bonds. The second-order valence-corrected chi connectivity index (χ2v) is 7.23. The Morgan fingerprint density at radius 1 is 1.05 bits per heavy atom. The maximum Gasteiger partial charge on any atom is 0.282 e. The highest BCUT2D eigenvalue weighted by atomic mass is 32.2. The van der Waals surface area contributed by atoms with E-state index in [0.717, 1.165) is 24.3 Å². The van der Waals surface area contributed by atoms with Gasteiger partial charge in [-0.15, -0.1) is 0 Å². The molecular weight excluding hydrogens is 290 g/mol. The largest absolute Gasteiger partial charge is 0.492 e. The molecule has 0 aromatic heterocycles. The molecule has 3 rings (SSSR count). The predicted octanol–water partition coefficient (Wildman–Crippen LogP) is 0.421. The van der Waals surface area contributed by atoms with E-state index in [-0.39, 0.29) is 0 Å². The van der Waals surface area contributed by atoms with Crippen molar-refractivity contribution in [2.75, 3.05) is 39.3 Å². The molecule has 0 unspecified atom stereocenters. The summed E-state index contributed by atoms with van der Waals surface area (Å²) in [5.41, 5.74) is 0.923. The smallest absolute Gasteiger partial charge is 0.282 e. The minimum Gasteiger partial charge on any atom is -0.492 e. The zero-order valence-electron chi connectivity index (χ0n) is 12.0. The van der Waals surface area contributed by atoms with Gasteiger partial charge in [0.1, 0.15) is 12.4 Å². The Hall–Kier alpha value is -1.15.